The van der Waals surface area contributed by atoms with E-state index in [4.69, 9.17) is 30.9 Å². The van der Waals surface area contributed by atoms with Crippen LogP contribution in [-0.4, -0.2) is 30.3 Å². The van der Waals surface area contributed by atoms with Gasteiger partial charge in [0, 0.05) is 30.2 Å². The van der Waals surface area contributed by atoms with Crippen LogP contribution >= 0.6 is 11.6 Å². The molecule has 0 bridgehead atoms. The van der Waals surface area contributed by atoms with Crippen molar-refractivity contribution in [3.8, 4) is 17.2 Å². The number of carboxylic acid groups (broad SMARTS) is 1. The van der Waals surface area contributed by atoms with Crippen molar-refractivity contribution in [1.82, 2.24) is 5.32 Å². The standard InChI is InChI=1S/C29H25ClF3NO6/c30-23-14-22-24(40-28(36)37)10-12-38-25(22)15-26(23)39-20-7-4-18(5-8-20)27(35)34-11-9-17-3-6-19(29(31,32)33)13-21(17)16-1-2-16/h3-8,13-16,24H,1-2,9-12H2,(H,34,35)(H,36,37). The second-order valence-corrected chi connectivity index (χ2v) is 10.1. The zero-order chi connectivity index (χ0) is 28.4. The predicted octanol–water partition coefficient (Wildman–Crippen LogP) is 7.52. The molecule has 7 nitrogen and oxygen atoms in total. The van der Waals surface area contributed by atoms with E-state index in [0.29, 0.717) is 41.0 Å². The first kappa shape index (κ1) is 27.6. The molecule has 3 aromatic carbocycles. The molecule has 0 spiro atoms. The van der Waals surface area contributed by atoms with Crippen LogP contribution in [0.2, 0.25) is 5.02 Å². The number of benzene rings is 3. The maximum Gasteiger partial charge on any atom is 0.506 e. The number of hydrogen-bond donors (Lipinski definition) is 2. The number of carbonyl (C=O) groups is 2. The topological polar surface area (TPSA) is 94.1 Å². The van der Waals surface area contributed by atoms with Crippen LogP contribution in [0.4, 0.5) is 18.0 Å². The van der Waals surface area contributed by atoms with Crippen molar-refractivity contribution in [2.24, 2.45) is 0 Å². The molecule has 210 valence electrons. The number of nitrogens with one attached hydrogen (secondary N) is 1. The molecule has 3 aromatic rings. The van der Waals surface area contributed by atoms with E-state index in [1.807, 2.05) is 0 Å². The first-order valence-corrected chi connectivity index (χ1v) is 13.1. The lowest BCUT2D eigenvalue weighted by molar-refractivity contribution is -0.137. The zero-order valence-corrected chi connectivity index (χ0v) is 21.8. The molecule has 0 radical (unpaired) electrons. The van der Waals surface area contributed by atoms with Gasteiger partial charge in [-0.15, -0.1) is 0 Å². The van der Waals surface area contributed by atoms with E-state index < -0.39 is 24.0 Å². The summed E-state index contributed by atoms with van der Waals surface area (Å²) in [5, 5.41) is 12.0. The van der Waals surface area contributed by atoms with Gasteiger partial charge in [-0.25, -0.2) is 4.79 Å². The SMILES string of the molecule is O=C(O)OC1CCOc2cc(Oc3ccc(C(=O)NCCc4ccc(C(F)(F)F)cc4C4CC4)cc3)c(Cl)cc21. The molecule has 1 amide bonds. The van der Waals surface area contributed by atoms with Gasteiger partial charge in [0.1, 0.15) is 23.4 Å². The van der Waals surface area contributed by atoms with E-state index in [-0.39, 0.29) is 35.7 Å². The number of hydrogen-bond acceptors (Lipinski definition) is 5. The lowest BCUT2D eigenvalue weighted by atomic mass is 9.97. The number of fused-ring (bicyclic) bond motifs is 1. The lowest BCUT2D eigenvalue weighted by Gasteiger charge is -2.25. The van der Waals surface area contributed by atoms with E-state index in [1.165, 1.54) is 12.1 Å². The molecule has 1 heterocycles. The first-order chi connectivity index (χ1) is 19.1. The van der Waals surface area contributed by atoms with Crippen LogP contribution in [-0.2, 0) is 17.3 Å². The number of carbonyl (C=O) groups excluding carboxylic acids is 1. The monoisotopic (exact) mass is 575 g/mol. The Morgan fingerprint density at radius 2 is 1.77 bits per heavy atom. The first-order valence-electron chi connectivity index (χ1n) is 12.7. The zero-order valence-electron chi connectivity index (χ0n) is 21.1. The summed E-state index contributed by atoms with van der Waals surface area (Å²) in [5.41, 5.74) is 1.77. The van der Waals surface area contributed by atoms with Gasteiger partial charge in [0.15, 0.2) is 0 Å². The largest absolute Gasteiger partial charge is 0.506 e. The summed E-state index contributed by atoms with van der Waals surface area (Å²) in [7, 11) is 0. The summed E-state index contributed by atoms with van der Waals surface area (Å²) in [6.07, 6.45) is -3.92. The van der Waals surface area contributed by atoms with Crippen molar-refractivity contribution in [2.75, 3.05) is 13.2 Å². The third-order valence-electron chi connectivity index (χ3n) is 6.81. The highest BCUT2D eigenvalue weighted by molar-refractivity contribution is 6.32. The minimum Gasteiger partial charge on any atom is -0.493 e. The van der Waals surface area contributed by atoms with Crippen molar-refractivity contribution >= 4 is 23.7 Å². The van der Waals surface area contributed by atoms with Gasteiger partial charge in [-0.05, 0) is 78.8 Å². The Kier molecular flexibility index (Phi) is 7.80. The summed E-state index contributed by atoms with van der Waals surface area (Å²) in [6.45, 7) is 0.552. The quantitative estimate of drug-likeness (QED) is 0.270. The molecule has 1 saturated carbocycles. The molecule has 1 aliphatic carbocycles. The van der Waals surface area contributed by atoms with E-state index in [0.717, 1.165) is 24.5 Å². The molecule has 40 heavy (non-hydrogen) atoms. The van der Waals surface area contributed by atoms with Crippen LogP contribution in [0, 0.1) is 0 Å². The molecule has 11 heteroatoms. The maximum absolute atomic E-state index is 13.1. The fraction of sp³-hybridized carbons (Fsp3) is 0.310. The Hall–Kier alpha value is -3.92. The predicted molar refractivity (Wildman–Crippen MR) is 139 cm³/mol. The third-order valence-corrected chi connectivity index (χ3v) is 7.10. The van der Waals surface area contributed by atoms with Crippen LogP contribution in [0.5, 0.6) is 17.2 Å². The summed E-state index contributed by atoms with van der Waals surface area (Å²) in [6, 6.07) is 13.3. The number of ether oxygens (including phenoxy) is 3. The Morgan fingerprint density at radius 3 is 2.45 bits per heavy atom. The highest BCUT2D eigenvalue weighted by Gasteiger charge is 2.34. The van der Waals surface area contributed by atoms with Gasteiger partial charge in [0.25, 0.3) is 5.91 Å². The molecule has 5 rings (SSSR count). The van der Waals surface area contributed by atoms with Crippen LogP contribution in [0.25, 0.3) is 0 Å². The Balaban J connectivity index is 1.19. The molecular weight excluding hydrogens is 551 g/mol. The third kappa shape index (κ3) is 6.44. The average Bonchev–Trinajstić information content (AvgIpc) is 3.75. The molecule has 0 saturated heterocycles. The Labute approximate surface area is 232 Å². The Morgan fingerprint density at radius 1 is 1.02 bits per heavy atom. The number of alkyl halides is 3. The van der Waals surface area contributed by atoms with E-state index in [1.54, 1.807) is 36.4 Å². The smallest absolute Gasteiger partial charge is 0.493 e. The number of halogens is 4. The second kappa shape index (κ2) is 11.3. The summed E-state index contributed by atoms with van der Waals surface area (Å²) in [4.78, 5) is 23.6. The van der Waals surface area contributed by atoms with Crippen molar-refractivity contribution in [3.63, 3.8) is 0 Å². The van der Waals surface area contributed by atoms with Crippen LogP contribution in [0.15, 0.2) is 54.6 Å². The second-order valence-electron chi connectivity index (χ2n) is 9.65. The van der Waals surface area contributed by atoms with Gasteiger partial charge >= 0.3 is 12.3 Å². The minimum absolute atomic E-state index is 0.148. The van der Waals surface area contributed by atoms with Gasteiger partial charge in [0.05, 0.1) is 17.2 Å². The van der Waals surface area contributed by atoms with Crippen LogP contribution < -0.4 is 14.8 Å². The highest BCUT2D eigenvalue weighted by Crippen LogP contribution is 2.44. The molecular formula is C29H25ClF3NO6. The van der Waals surface area contributed by atoms with Crippen molar-refractivity contribution in [1.29, 1.82) is 0 Å². The van der Waals surface area contributed by atoms with E-state index in [9.17, 15) is 22.8 Å². The molecule has 2 aliphatic rings. The van der Waals surface area contributed by atoms with Crippen molar-refractivity contribution < 1.29 is 42.1 Å². The average molecular weight is 576 g/mol. The molecule has 1 fully saturated rings. The van der Waals surface area contributed by atoms with Crippen molar-refractivity contribution in [3.05, 3.63) is 87.4 Å². The molecule has 0 aromatic heterocycles. The summed E-state index contributed by atoms with van der Waals surface area (Å²) in [5.74, 6) is 0.931. The van der Waals surface area contributed by atoms with Gasteiger partial charge < -0.3 is 24.6 Å². The normalized spacial score (nSPS) is 16.4. The lowest BCUT2D eigenvalue weighted by Crippen LogP contribution is -2.25. The number of amides is 1. The molecule has 1 atom stereocenters. The highest BCUT2D eigenvalue weighted by atomic mass is 35.5. The Bertz CT molecular complexity index is 1420. The minimum atomic E-state index is -4.38. The van der Waals surface area contributed by atoms with Crippen molar-refractivity contribution in [2.45, 2.75) is 43.9 Å². The van der Waals surface area contributed by atoms with Gasteiger partial charge in [-0.1, -0.05) is 17.7 Å². The number of rotatable bonds is 8. The van der Waals surface area contributed by atoms with Gasteiger partial charge in [0.2, 0.25) is 0 Å². The van der Waals surface area contributed by atoms with Gasteiger partial charge in [-0.3, -0.25) is 4.79 Å². The fourth-order valence-corrected chi connectivity index (χ4v) is 4.88. The van der Waals surface area contributed by atoms with E-state index >= 15 is 0 Å². The van der Waals surface area contributed by atoms with Crippen LogP contribution in [0.3, 0.4) is 0 Å². The van der Waals surface area contributed by atoms with Gasteiger partial charge in [-0.2, -0.15) is 13.2 Å². The molecule has 2 N–H and O–H groups in total. The molecule has 1 unspecified atom stereocenters. The molecule has 1 aliphatic heterocycles. The van der Waals surface area contributed by atoms with Crippen LogP contribution in [0.1, 0.15) is 63.9 Å². The summed E-state index contributed by atoms with van der Waals surface area (Å²) < 4.78 is 55.7. The fourth-order valence-electron chi connectivity index (χ4n) is 4.67. The maximum atomic E-state index is 13.1. The van der Waals surface area contributed by atoms with E-state index in [2.05, 4.69) is 5.32 Å². The summed E-state index contributed by atoms with van der Waals surface area (Å²) >= 11 is 6.36.